The third-order valence-corrected chi connectivity index (χ3v) is 1.05. The van der Waals surface area contributed by atoms with E-state index in [2.05, 4.69) is 11.8 Å². The fourth-order valence-electron chi connectivity index (χ4n) is 0.566. The summed E-state index contributed by atoms with van der Waals surface area (Å²) < 4.78 is 0. The van der Waals surface area contributed by atoms with Gasteiger partial charge in [0.1, 0.15) is 6.29 Å². The van der Waals surface area contributed by atoms with E-state index in [0.717, 1.165) is 25.5 Å². The molecule has 0 bridgehead atoms. The summed E-state index contributed by atoms with van der Waals surface area (Å²) in [7, 11) is 0. The van der Waals surface area contributed by atoms with Gasteiger partial charge < -0.3 is 4.79 Å². The molecule has 0 aromatic carbocycles. The normalized spacial score (nSPS) is 7.67. The van der Waals surface area contributed by atoms with Gasteiger partial charge >= 0.3 is 0 Å². The zero-order chi connectivity index (χ0) is 6.95. The highest BCUT2D eigenvalue weighted by atomic mass is 16.1. The van der Waals surface area contributed by atoms with Crippen LogP contribution in [0, 0.1) is 11.8 Å². The van der Waals surface area contributed by atoms with Crippen molar-refractivity contribution in [2.24, 2.45) is 0 Å². The summed E-state index contributed by atoms with van der Waals surface area (Å²) in [4.78, 5) is 9.80. The first kappa shape index (κ1) is 8.23. The lowest BCUT2D eigenvalue weighted by molar-refractivity contribution is -0.107. The smallest absolute Gasteiger partial charge is 0.119 e. The van der Waals surface area contributed by atoms with Crippen molar-refractivity contribution in [1.82, 2.24) is 0 Å². The van der Waals surface area contributed by atoms with Gasteiger partial charge in [-0.1, -0.05) is 0 Å². The predicted molar refractivity (Wildman–Crippen MR) is 38.0 cm³/mol. The molecular formula is C8H12O. The Bertz CT molecular complexity index is 116. The summed E-state index contributed by atoms with van der Waals surface area (Å²) >= 11 is 0. The molecule has 0 atom stereocenters. The second-order valence-corrected chi connectivity index (χ2v) is 1.84. The number of hydrogen-bond acceptors (Lipinski definition) is 1. The first-order chi connectivity index (χ1) is 4.41. The van der Waals surface area contributed by atoms with Crippen LogP contribution in [-0.2, 0) is 4.79 Å². The molecule has 0 amide bonds. The highest BCUT2D eigenvalue weighted by Crippen LogP contribution is 1.95. The summed E-state index contributed by atoms with van der Waals surface area (Å²) in [6.07, 6.45) is 4.62. The largest absolute Gasteiger partial charge is 0.303 e. The van der Waals surface area contributed by atoms with Crippen molar-refractivity contribution in [3.63, 3.8) is 0 Å². The van der Waals surface area contributed by atoms with E-state index in [1.165, 1.54) is 0 Å². The number of carbonyl (C=O) groups excluding carboxylic acids is 1. The maximum Gasteiger partial charge on any atom is 0.119 e. The highest BCUT2D eigenvalue weighted by molar-refractivity contribution is 5.48. The summed E-state index contributed by atoms with van der Waals surface area (Å²) in [5.41, 5.74) is 0. The predicted octanol–water partition coefficient (Wildman–Crippen LogP) is 1.77. The first-order valence-corrected chi connectivity index (χ1v) is 3.25. The van der Waals surface area contributed by atoms with E-state index < -0.39 is 0 Å². The van der Waals surface area contributed by atoms with E-state index in [0.29, 0.717) is 6.42 Å². The summed E-state index contributed by atoms with van der Waals surface area (Å²) in [6, 6.07) is 0. The zero-order valence-corrected chi connectivity index (χ0v) is 5.81. The number of carbonyl (C=O) groups is 1. The molecule has 0 saturated heterocycles. The second kappa shape index (κ2) is 7.23. The van der Waals surface area contributed by atoms with E-state index in [1.807, 2.05) is 6.92 Å². The van der Waals surface area contributed by atoms with Crippen LogP contribution in [0.2, 0.25) is 0 Å². The first-order valence-electron chi connectivity index (χ1n) is 3.25. The molecular weight excluding hydrogens is 112 g/mol. The summed E-state index contributed by atoms with van der Waals surface area (Å²) in [5.74, 6) is 5.75. The molecule has 0 spiro atoms. The van der Waals surface area contributed by atoms with Gasteiger partial charge in [-0.3, -0.25) is 0 Å². The van der Waals surface area contributed by atoms with Crippen LogP contribution in [0.25, 0.3) is 0 Å². The molecule has 0 fully saturated rings. The van der Waals surface area contributed by atoms with Crippen LogP contribution in [-0.4, -0.2) is 6.29 Å². The minimum absolute atomic E-state index is 0.686. The van der Waals surface area contributed by atoms with Gasteiger partial charge in [0.05, 0.1) is 0 Å². The van der Waals surface area contributed by atoms with Gasteiger partial charge in [-0.2, -0.15) is 0 Å². The molecule has 0 aliphatic rings. The molecule has 0 N–H and O–H groups in total. The van der Waals surface area contributed by atoms with Gasteiger partial charge in [-0.15, -0.1) is 11.8 Å². The monoisotopic (exact) mass is 124 g/mol. The summed E-state index contributed by atoms with van der Waals surface area (Å²) in [6.45, 7) is 1.83. The van der Waals surface area contributed by atoms with Crippen molar-refractivity contribution in [1.29, 1.82) is 0 Å². The van der Waals surface area contributed by atoms with E-state index in [4.69, 9.17) is 0 Å². The highest BCUT2D eigenvalue weighted by Gasteiger charge is 1.82. The Morgan fingerprint density at radius 3 is 2.78 bits per heavy atom. The minimum atomic E-state index is 0.686. The fraction of sp³-hybridized carbons (Fsp3) is 0.625. The Labute approximate surface area is 56.5 Å². The Morgan fingerprint density at radius 2 is 2.22 bits per heavy atom. The maximum absolute atomic E-state index is 9.80. The molecule has 0 aromatic heterocycles. The van der Waals surface area contributed by atoms with E-state index in [1.54, 1.807) is 0 Å². The lowest BCUT2D eigenvalue weighted by atomic mass is 10.2. The molecule has 0 aliphatic heterocycles. The minimum Gasteiger partial charge on any atom is -0.303 e. The van der Waals surface area contributed by atoms with Crippen molar-refractivity contribution in [3.05, 3.63) is 0 Å². The molecule has 1 nitrogen and oxygen atoms in total. The van der Waals surface area contributed by atoms with Crippen LogP contribution >= 0.6 is 0 Å². The number of rotatable bonds is 4. The van der Waals surface area contributed by atoms with Gasteiger partial charge in [-0.05, 0) is 19.8 Å². The van der Waals surface area contributed by atoms with Gasteiger partial charge in [-0.25, -0.2) is 0 Å². The Kier molecular flexibility index (Phi) is 6.61. The van der Waals surface area contributed by atoms with Gasteiger partial charge in [0.2, 0.25) is 0 Å². The van der Waals surface area contributed by atoms with Gasteiger partial charge in [0.15, 0.2) is 0 Å². The SMILES string of the molecule is CC#CCCCCC=O. The van der Waals surface area contributed by atoms with Crippen molar-refractivity contribution in [2.45, 2.75) is 32.6 Å². The van der Waals surface area contributed by atoms with E-state index in [9.17, 15) is 4.79 Å². The molecule has 50 valence electrons. The molecule has 0 radical (unpaired) electrons. The molecule has 0 rings (SSSR count). The maximum atomic E-state index is 9.80. The van der Waals surface area contributed by atoms with Crippen LogP contribution < -0.4 is 0 Å². The van der Waals surface area contributed by atoms with Crippen molar-refractivity contribution in [3.8, 4) is 11.8 Å². The van der Waals surface area contributed by atoms with Crippen LogP contribution in [0.4, 0.5) is 0 Å². The molecule has 1 heteroatoms. The lowest BCUT2D eigenvalue weighted by Crippen LogP contribution is -1.75. The van der Waals surface area contributed by atoms with Crippen LogP contribution in [0.15, 0.2) is 0 Å². The number of aldehydes is 1. The van der Waals surface area contributed by atoms with Crippen molar-refractivity contribution in [2.75, 3.05) is 0 Å². The van der Waals surface area contributed by atoms with Crippen LogP contribution in [0.5, 0.6) is 0 Å². The third kappa shape index (κ3) is 7.23. The Morgan fingerprint density at radius 1 is 1.44 bits per heavy atom. The molecule has 0 heterocycles. The lowest BCUT2D eigenvalue weighted by Gasteiger charge is -1.86. The fourth-order valence-corrected chi connectivity index (χ4v) is 0.566. The van der Waals surface area contributed by atoms with E-state index in [-0.39, 0.29) is 0 Å². The van der Waals surface area contributed by atoms with Crippen molar-refractivity contribution >= 4 is 6.29 Å². The average Bonchev–Trinajstić information content (AvgIpc) is 1.89. The van der Waals surface area contributed by atoms with Gasteiger partial charge in [0, 0.05) is 12.8 Å². The van der Waals surface area contributed by atoms with Gasteiger partial charge in [0.25, 0.3) is 0 Å². The second-order valence-electron chi connectivity index (χ2n) is 1.84. The average molecular weight is 124 g/mol. The molecule has 0 unspecified atom stereocenters. The van der Waals surface area contributed by atoms with Crippen molar-refractivity contribution < 1.29 is 4.79 Å². The van der Waals surface area contributed by atoms with Crippen LogP contribution in [0.3, 0.4) is 0 Å². The Hall–Kier alpha value is -0.770. The van der Waals surface area contributed by atoms with Crippen LogP contribution in [0.1, 0.15) is 32.6 Å². The molecule has 0 aromatic rings. The molecule has 0 aliphatic carbocycles. The standard InChI is InChI=1S/C8H12O/c1-2-3-4-5-6-7-8-9/h8H,4-7H2,1H3. The zero-order valence-electron chi connectivity index (χ0n) is 5.81. The quantitative estimate of drug-likeness (QED) is 0.317. The third-order valence-electron chi connectivity index (χ3n) is 1.05. The summed E-state index contributed by atoms with van der Waals surface area (Å²) in [5, 5.41) is 0. The molecule has 0 saturated carbocycles. The number of unbranched alkanes of at least 4 members (excludes halogenated alkanes) is 3. The topological polar surface area (TPSA) is 17.1 Å². The Balaban J connectivity index is 2.88. The van der Waals surface area contributed by atoms with E-state index >= 15 is 0 Å². The molecule has 9 heavy (non-hydrogen) atoms. The number of hydrogen-bond donors (Lipinski definition) is 0.